The van der Waals surface area contributed by atoms with Crippen molar-refractivity contribution in [3.63, 3.8) is 0 Å². The van der Waals surface area contributed by atoms with E-state index in [0.29, 0.717) is 12.2 Å². The maximum absolute atomic E-state index is 9.41. The SMILES string of the molecule is O=C([O-])C=CC(=O)[O-].[Rb+].[Rb+]. The molecule has 0 rings (SSSR count). The molecule has 0 aromatic heterocycles. The molecule has 4 nitrogen and oxygen atoms in total. The summed E-state index contributed by atoms with van der Waals surface area (Å²) in [4.78, 5) is 18.8. The summed E-state index contributed by atoms with van der Waals surface area (Å²) in [5.41, 5.74) is 0. The third kappa shape index (κ3) is 16.7. The van der Waals surface area contributed by atoms with E-state index in [4.69, 9.17) is 0 Å². The number of carboxylic acid groups (broad SMARTS) is 2. The predicted octanol–water partition coefficient (Wildman–Crippen LogP) is -8.95. The van der Waals surface area contributed by atoms with Crippen molar-refractivity contribution in [3.05, 3.63) is 12.2 Å². The molecule has 0 spiro atoms. The van der Waals surface area contributed by atoms with Gasteiger partial charge in [0.15, 0.2) is 0 Å². The van der Waals surface area contributed by atoms with Crippen molar-refractivity contribution in [2.45, 2.75) is 0 Å². The van der Waals surface area contributed by atoms with Crippen molar-refractivity contribution in [1.82, 2.24) is 0 Å². The Morgan fingerprint density at radius 2 is 1.10 bits per heavy atom. The first-order valence-corrected chi connectivity index (χ1v) is 1.73. The first kappa shape index (κ1) is 18.2. The van der Waals surface area contributed by atoms with Gasteiger partial charge in [-0.1, -0.05) is 0 Å². The van der Waals surface area contributed by atoms with Gasteiger partial charge in [-0.25, -0.2) is 0 Å². The van der Waals surface area contributed by atoms with Gasteiger partial charge < -0.3 is 19.8 Å². The molecule has 10 heavy (non-hydrogen) atoms. The minimum Gasteiger partial charge on any atom is -0.545 e. The number of carbonyl (C=O) groups is 2. The van der Waals surface area contributed by atoms with Crippen LogP contribution in [0.2, 0.25) is 0 Å². The molecular formula is C4H2O4Rb2. The van der Waals surface area contributed by atoms with Crippen molar-refractivity contribution in [1.29, 1.82) is 0 Å². The van der Waals surface area contributed by atoms with Crippen molar-refractivity contribution >= 4 is 11.9 Å². The van der Waals surface area contributed by atoms with Gasteiger partial charge >= 0.3 is 116 Å². The van der Waals surface area contributed by atoms with E-state index in [9.17, 15) is 19.8 Å². The van der Waals surface area contributed by atoms with Crippen LogP contribution < -0.4 is 127 Å². The van der Waals surface area contributed by atoms with E-state index in [-0.39, 0.29) is 116 Å². The van der Waals surface area contributed by atoms with Crippen LogP contribution in [0.25, 0.3) is 0 Å². The number of carbonyl (C=O) groups excluding carboxylic acids is 2. The fraction of sp³-hybridized carbons (Fsp3) is 0. The van der Waals surface area contributed by atoms with Gasteiger partial charge in [-0.05, 0) is 12.2 Å². The topological polar surface area (TPSA) is 80.3 Å². The first-order valence-electron chi connectivity index (χ1n) is 1.73. The molecular weight excluding hydrogens is 283 g/mol. The summed E-state index contributed by atoms with van der Waals surface area (Å²) in [6, 6.07) is 0. The van der Waals surface area contributed by atoms with Gasteiger partial charge in [0.25, 0.3) is 0 Å². The summed E-state index contributed by atoms with van der Waals surface area (Å²) in [7, 11) is 0. The molecule has 0 saturated heterocycles. The second-order valence-electron chi connectivity index (χ2n) is 0.971. The Morgan fingerprint density at radius 1 is 0.900 bits per heavy atom. The summed E-state index contributed by atoms with van der Waals surface area (Å²) < 4.78 is 0. The number of carboxylic acids is 2. The van der Waals surface area contributed by atoms with Crippen molar-refractivity contribution in [3.8, 4) is 0 Å². The Balaban J connectivity index is -0.000000245. The molecule has 6 heteroatoms. The van der Waals surface area contributed by atoms with Crippen LogP contribution in [-0.4, -0.2) is 11.9 Å². The quantitative estimate of drug-likeness (QED) is 0.472. The molecule has 0 atom stereocenters. The van der Waals surface area contributed by atoms with Crippen LogP contribution in [-0.2, 0) is 9.59 Å². The minimum absolute atomic E-state index is 0. The maximum atomic E-state index is 9.41. The zero-order valence-corrected chi connectivity index (χ0v) is 15.6. The Morgan fingerprint density at radius 3 is 1.20 bits per heavy atom. The largest absolute Gasteiger partial charge is 1.00 e. The average molecular weight is 285 g/mol. The van der Waals surface area contributed by atoms with Gasteiger partial charge in [0.2, 0.25) is 0 Å². The second-order valence-corrected chi connectivity index (χ2v) is 0.971. The van der Waals surface area contributed by atoms with E-state index >= 15 is 0 Å². The first-order chi connectivity index (χ1) is 3.63. The molecule has 0 amide bonds. The standard InChI is InChI=1S/C4H4O4.2Rb/c5-3(6)1-2-4(7)8;;/h1-2H,(H,5,6)(H,7,8);;/q;2*+1/p-2. The van der Waals surface area contributed by atoms with E-state index in [1.807, 2.05) is 0 Å². The molecule has 0 aliphatic carbocycles. The molecule has 0 aromatic carbocycles. The molecule has 0 aliphatic rings. The van der Waals surface area contributed by atoms with Crippen molar-refractivity contribution in [2.75, 3.05) is 0 Å². The van der Waals surface area contributed by atoms with Crippen LogP contribution in [0, 0.1) is 0 Å². The summed E-state index contributed by atoms with van der Waals surface area (Å²) >= 11 is 0. The van der Waals surface area contributed by atoms with E-state index in [2.05, 4.69) is 0 Å². The Kier molecular flexibility index (Phi) is 20.5. The fourth-order valence-corrected chi connectivity index (χ4v) is 0.136. The fourth-order valence-electron chi connectivity index (χ4n) is 0.136. The number of hydrogen-bond donors (Lipinski definition) is 0. The van der Waals surface area contributed by atoms with Crippen LogP contribution in [0.3, 0.4) is 0 Å². The number of hydrogen-bond acceptors (Lipinski definition) is 4. The smallest absolute Gasteiger partial charge is 0.545 e. The van der Waals surface area contributed by atoms with Crippen molar-refractivity contribution < 1.29 is 136 Å². The number of aliphatic carboxylic acids is 2. The Labute approximate surface area is 156 Å². The third-order valence-electron chi connectivity index (χ3n) is 0.355. The van der Waals surface area contributed by atoms with E-state index in [1.54, 1.807) is 0 Å². The van der Waals surface area contributed by atoms with Gasteiger partial charge in [0, 0.05) is 0 Å². The predicted molar refractivity (Wildman–Crippen MR) is 19.2 cm³/mol. The molecule has 0 bridgehead atoms. The Bertz CT molecular complexity index is 126. The average Bonchev–Trinajstić information content (AvgIpc) is 1.61. The van der Waals surface area contributed by atoms with E-state index in [0.717, 1.165) is 0 Å². The molecule has 0 heterocycles. The van der Waals surface area contributed by atoms with Crippen molar-refractivity contribution in [2.24, 2.45) is 0 Å². The molecule has 0 saturated carbocycles. The van der Waals surface area contributed by atoms with Crippen LogP contribution in [0.4, 0.5) is 0 Å². The minimum atomic E-state index is -1.55. The molecule has 0 unspecified atom stereocenters. The van der Waals surface area contributed by atoms with Gasteiger partial charge in [0.05, 0.1) is 11.9 Å². The van der Waals surface area contributed by atoms with Gasteiger partial charge in [0.1, 0.15) is 0 Å². The van der Waals surface area contributed by atoms with Gasteiger partial charge in [-0.3, -0.25) is 0 Å². The summed E-state index contributed by atoms with van der Waals surface area (Å²) in [5, 5.41) is 18.8. The third-order valence-corrected chi connectivity index (χ3v) is 0.355. The number of rotatable bonds is 2. The molecule has 44 valence electrons. The maximum Gasteiger partial charge on any atom is 1.00 e. The van der Waals surface area contributed by atoms with Gasteiger partial charge in [-0.15, -0.1) is 0 Å². The summed E-state index contributed by atoms with van der Waals surface area (Å²) in [5.74, 6) is -3.09. The molecule has 0 N–H and O–H groups in total. The van der Waals surface area contributed by atoms with Crippen LogP contribution in [0.1, 0.15) is 0 Å². The van der Waals surface area contributed by atoms with Crippen LogP contribution in [0.5, 0.6) is 0 Å². The molecule has 0 fully saturated rings. The normalized spacial score (nSPS) is 7.60. The van der Waals surface area contributed by atoms with E-state index in [1.165, 1.54) is 0 Å². The monoisotopic (exact) mass is 284 g/mol. The summed E-state index contributed by atoms with van der Waals surface area (Å²) in [6.45, 7) is 0. The molecule has 0 aromatic rings. The second kappa shape index (κ2) is 11.3. The van der Waals surface area contributed by atoms with Crippen LogP contribution in [0.15, 0.2) is 12.2 Å². The summed E-state index contributed by atoms with van der Waals surface area (Å²) in [6.07, 6.45) is 0.769. The molecule has 0 aliphatic heterocycles. The van der Waals surface area contributed by atoms with E-state index < -0.39 is 11.9 Å². The van der Waals surface area contributed by atoms with Crippen LogP contribution >= 0.6 is 0 Å². The zero-order valence-electron chi connectivity index (χ0n) is 5.79. The van der Waals surface area contributed by atoms with Gasteiger partial charge in [-0.2, -0.15) is 0 Å². The Hall–Kier alpha value is 2.29. The zero-order chi connectivity index (χ0) is 6.57. The molecule has 0 radical (unpaired) electrons.